The Morgan fingerprint density at radius 3 is 2.55 bits per heavy atom. The number of nitrogens with one attached hydrogen (secondary N) is 1. The summed E-state index contributed by atoms with van der Waals surface area (Å²) >= 11 is 0. The molecule has 2 atom stereocenters. The number of anilines is 1. The molecule has 5 nitrogen and oxygen atoms in total. The summed E-state index contributed by atoms with van der Waals surface area (Å²) in [6.45, 7) is 7.66. The summed E-state index contributed by atoms with van der Waals surface area (Å²) in [7, 11) is 0. The van der Waals surface area contributed by atoms with Crippen LogP contribution in [0.25, 0.3) is 0 Å². The van der Waals surface area contributed by atoms with E-state index in [1.54, 1.807) is 0 Å². The average molecular weight is 278 g/mol. The summed E-state index contributed by atoms with van der Waals surface area (Å²) in [6.07, 6.45) is 1.23. The summed E-state index contributed by atoms with van der Waals surface area (Å²) in [5.74, 6) is 0.816. The predicted octanol–water partition coefficient (Wildman–Crippen LogP) is 1.74. The summed E-state index contributed by atoms with van der Waals surface area (Å²) < 4.78 is 11.4. The summed E-state index contributed by atoms with van der Waals surface area (Å²) in [4.78, 5) is 12.7. The number of hydrogen-bond acceptors (Lipinski definition) is 4. The molecule has 20 heavy (non-hydrogen) atoms. The van der Waals surface area contributed by atoms with E-state index in [1.165, 1.54) is 0 Å². The topological polar surface area (TPSA) is 50.8 Å². The van der Waals surface area contributed by atoms with E-state index in [0.717, 1.165) is 31.1 Å². The molecular weight excluding hydrogens is 256 g/mol. The lowest BCUT2D eigenvalue weighted by Gasteiger charge is -2.35. The number of nitrogens with zero attached hydrogens (tertiary/aromatic N) is 1. The third kappa shape index (κ3) is 4.51. The second kappa shape index (κ2) is 7.26. The maximum absolute atomic E-state index is 10.3. The van der Waals surface area contributed by atoms with Gasteiger partial charge in [0.05, 0.1) is 12.2 Å². The Labute approximate surface area is 119 Å². The van der Waals surface area contributed by atoms with E-state index in [4.69, 9.17) is 9.47 Å². The molecule has 0 radical (unpaired) electrons. The average Bonchev–Trinajstić information content (AvgIpc) is 2.40. The fourth-order valence-electron chi connectivity index (χ4n) is 2.47. The van der Waals surface area contributed by atoms with Crippen molar-refractivity contribution in [1.82, 2.24) is 4.90 Å². The molecule has 1 saturated heterocycles. The van der Waals surface area contributed by atoms with Crippen LogP contribution in [0.4, 0.5) is 5.69 Å². The first-order valence-corrected chi connectivity index (χ1v) is 6.98. The van der Waals surface area contributed by atoms with Gasteiger partial charge in [0.2, 0.25) is 6.41 Å². The number of morpholine rings is 1. The van der Waals surface area contributed by atoms with Crippen LogP contribution in [0.3, 0.4) is 0 Å². The van der Waals surface area contributed by atoms with E-state index in [2.05, 4.69) is 24.1 Å². The number of benzene rings is 1. The van der Waals surface area contributed by atoms with E-state index in [-0.39, 0.29) is 12.2 Å². The van der Waals surface area contributed by atoms with Gasteiger partial charge in [-0.25, -0.2) is 0 Å². The fraction of sp³-hybridized carbons (Fsp3) is 0.533. The number of rotatable bonds is 6. The van der Waals surface area contributed by atoms with Gasteiger partial charge in [-0.2, -0.15) is 0 Å². The normalized spacial score (nSPS) is 23.3. The Kier molecular flexibility index (Phi) is 5.38. The Bertz CT molecular complexity index is 412. The van der Waals surface area contributed by atoms with Crippen molar-refractivity contribution >= 4 is 12.1 Å². The first-order valence-electron chi connectivity index (χ1n) is 6.98. The van der Waals surface area contributed by atoms with Gasteiger partial charge in [-0.05, 0) is 38.1 Å². The van der Waals surface area contributed by atoms with Crippen LogP contribution in [0.5, 0.6) is 5.75 Å². The van der Waals surface area contributed by atoms with Crippen LogP contribution in [0.1, 0.15) is 13.8 Å². The van der Waals surface area contributed by atoms with Crippen LogP contribution < -0.4 is 10.1 Å². The van der Waals surface area contributed by atoms with E-state index < -0.39 is 0 Å². The number of hydrogen-bond donors (Lipinski definition) is 1. The van der Waals surface area contributed by atoms with Gasteiger partial charge in [0.15, 0.2) is 0 Å². The van der Waals surface area contributed by atoms with Crippen LogP contribution in [-0.2, 0) is 9.53 Å². The van der Waals surface area contributed by atoms with Crippen molar-refractivity contribution in [2.75, 3.05) is 31.6 Å². The lowest BCUT2D eigenvalue weighted by molar-refractivity contribution is -0.105. The van der Waals surface area contributed by atoms with E-state index in [1.807, 2.05) is 24.3 Å². The molecule has 1 aliphatic rings. The quantitative estimate of drug-likeness (QED) is 0.805. The second-order valence-corrected chi connectivity index (χ2v) is 5.15. The van der Waals surface area contributed by atoms with Gasteiger partial charge in [-0.3, -0.25) is 9.69 Å². The number of carbonyl (C=O) groups excluding carboxylic acids is 1. The summed E-state index contributed by atoms with van der Waals surface area (Å²) in [5, 5.41) is 2.59. The second-order valence-electron chi connectivity index (χ2n) is 5.15. The van der Waals surface area contributed by atoms with Gasteiger partial charge in [-0.15, -0.1) is 0 Å². The smallest absolute Gasteiger partial charge is 0.211 e. The molecule has 1 amide bonds. The van der Waals surface area contributed by atoms with Crippen molar-refractivity contribution in [1.29, 1.82) is 0 Å². The summed E-state index contributed by atoms with van der Waals surface area (Å²) in [5.41, 5.74) is 0.767. The molecule has 2 rings (SSSR count). The Balaban J connectivity index is 1.73. The first-order chi connectivity index (χ1) is 9.67. The highest BCUT2D eigenvalue weighted by atomic mass is 16.5. The van der Waals surface area contributed by atoms with Gasteiger partial charge in [-0.1, -0.05) is 0 Å². The monoisotopic (exact) mass is 278 g/mol. The third-order valence-electron chi connectivity index (χ3n) is 3.25. The fourth-order valence-corrected chi connectivity index (χ4v) is 2.47. The number of ether oxygens (including phenoxy) is 2. The lowest BCUT2D eigenvalue weighted by Crippen LogP contribution is -2.46. The Morgan fingerprint density at radius 2 is 1.95 bits per heavy atom. The van der Waals surface area contributed by atoms with Crippen LogP contribution in [0, 0.1) is 0 Å². The molecule has 1 N–H and O–H groups in total. The van der Waals surface area contributed by atoms with Crippen molar-refractivity contribution in [3.8, 4) is 5.75 Å². The lowest BCUT2D eigenvalue weighted by atomic mass is 10.2. The molecule has 5 heteroatoms. The minimum absolute atomic E-state index is 0.285. The molecule has 0 saturated carbocycles. The third-order valence-corrected chi connectivity index (χ3v) is 3.25. The molecule has 1 fully saturated rings. The first kappa shape index (κ1) is 14.8. The van der Waals surface area contributed by atoms with Gasteiger partial charge in [0.25, 0.3) is 0 Å². The maximum atomic E-state index is 10.3. The zero-order valence-corrected chi connectivity index (χ0v) is 12.0. The van der Waals surface area contributed by atoms with Crippen molar-refractivity contribution in [3.63, 3.8) is 0 Å². The molecule has 2 unspecified atom stereocenters. The minimum atomic E-state index is 0.285. The van der Waals surface area contributed by atoms with Gasteiger partial charge in [0.1, 0.15) is 12.4 Å². The maximum Gasteiger partial charge on any atom is 0.211 e. The van der Waals surface area contributed by atoms with Crippen LogP contribution in [0.15, 0.2) is 24.3 Å². The highest BCUT2D eigenvalue weighted by Crippen LogP contribution is 2.15. The molecule has 0 spiro atoms. The molecule has 0 aromatic heterocycles. The number of amides is 1. The highest BCUT2D eigenvalue weighted by Gasteiger charge is 2.21. The van der Waals surface area contributed by atoms with Gasteiger partial charge < -0.3 is 14.8 Å². The SMILES string of the molecule is CC1CN(CCOc2ccc(NC=O)cc2)CC(C)O1. The predicted molar refractivity (Wildman–Crippen MR) is 78.1 cm³/mol. The zero-order valence-electron chi connectivity index (χ0n) is 12.0. The molecule has 1 heterocycles. The highest BCUT2D eigenvalue weighted by molar-refractivity contribution is 5.71. The van der Waals surface area contributed by atoms with Crippen molar-refractivity contribution in [2.45, 2.75) is 26.1 Å². The van der Waals surface area contributed by atoms with E-state index in [0.29, 0.717) is 13.0 Å². The summed E-state index contributed by atoms with van der Waals surface area (Å²) in [6, 6.07) is 7.36. The zero-order chi connectivity index (χ0) is 14.4. The molecule has 1 aliphatic heterocycles. The van der Waals surface area contributed by atoms with E-state index in [9.17, 15) is 4.79 Å². The van der Waals surface area contributed by atoms with Crippen molar-refractivity contribution < 1.29 is 14.3 Å². The Hall–Kier alpha value is -1.59. The molecule has 1 aromatic rings. The largest absolute Gasteiger partial charge is 0.492 e. The molecule has 0 bridgehead atoms. The molecule has 110 valence electrons. The molecular formula is C15H22N2O3. The van der Waals surface area contributed by atoms with E-state index >= 15 is 0 Å². The van der Waals surface area contributed by atoms with Crippen molar-refractivity contribution in [2.24, 2.45) is 0 Å². The standard InChI is InChI=1S/C15H22N2O3/c1-12-9-17(10-13(2)20-12)7-8-19-15-5-3-14(4-6-15)16-11-18/h3-6,11-13H,7-10H2,1-2H3,(H,16,18). The van der Waals surface area contributed by atoms with Gasteiger partial charge in [0, 0.05) is 25.3 Å². The molecule has 0 aliphatic carbocycles. The minimum Gasteiger partial charge on any atom is -0.492 e. The number of carbonyl (C=O) groups is 1. The van der Waals surface area contributed by atoms with Crippen molar-refractivity contribution in [3.05, 3.63) is 24.3 Å². The van der Waals surface area contributed by atoms with Crippen LogP contribution >= 0.6 is 0 Å². The van der Waals surface area contributed by atoms with Gasteiger partial charge >= 0.3 is 0 Å². The van der Waals surface area contributed by atoms with Crippen LogP contribution in [-0.4, -0.2) is 49.8 Å². The molecule has 1 aromatic carbocycles. The van der Waals surface area contributed by atoms with Crippen LogP contribution in [0.2, 0.25) is 0 Å². The Morgan fingerprint density at radius 1 is 1.30 bits per heavy atom.